The highest BCUT2D eigenvalue weighted by Crippen LogP contribution is 1.63. The molecule has 0 amide bonds. The van der Waals surface area contributed by atoms with E-state index in [4.69, 9.17) is 28.7 Å². The third-order valence-electron chi connectivity index (χ3n) is 0.646. The molecule has 0 radical (unpaired) electrons. The van der Waals surface area contributed by atoms with E-state index in [1.54, 1.807) is 0 Å². The summed E-state index contributed by atoms with van der Waals surface area (Å²) in [6, 6.07) is 0. The average molecular weight is 211 g/mol. The highest BCUT2D eigenvalue weighted by atomic mass is 32.3. The van der Waals surface area contributed by atoms with Crippen LogP contribution < -0.4 is 11.1 Å². The van der Waals surface area contributed by atoms with Crippen LogP contribution >= 0.6 is 0 Å². The molecule has 6 N–H and O–H groups in total. The summed E-state index contributed by atoms with van der Waals surface area (Å²) in [6.45, 7) is 2.56. The van der Waals surface area contributed by atoms with Crippen LogP contribution in [0.1, 0.15) is 6.92 Å². The molecule has 0 saturated heterocycles. The second kappa shape index (κ2) is 7.53. The lowest BCUT2D eigenvalue weighted by atomic mass is 10.5. The first-order valence-corrected chi connectivity index (χ1v) is 4.56. The Morgan fingerprint density at radius 1 is 1.62 bits per heavy atom. The highest BCUT2D eigenvalue weighted by Gasteiger charge is 1.84. The fourth-order valence-electron chi connectivity index (χ4n) is 0.287. The number of guanidine groups is 1. The second-order valence-electron chi connectivity index (χ2n) is 1.81. The zero-order valence-electron chi connectivity index (χ0n) is 7.06. The van der Waals surface area contributed by atoms with Crippen LogP contribution in [-0.2, 0) is 10.4 Å². The molecule has 0 heterocycles. The van der Waals surface area contributed by atoms with Gasteiger partial charge in [-0.3, -0.25) is 14.5 Å². The Bertz CT molecular complexity index is 251. The van der Waals surface area contributed by atoms with Crippen molar-refractivity contribution in [3.8, 4) is 0 Å². The van der Waals surface area contributed by atoms with Gasteiger partial charge in [-0.2, -0.15) is 8.42 Å². The summed E-state index contributed by atoms with van der Waals surface area (Å²) in [5.74, 6) is 0.0168. The predicted molar refractivity (Wildman–Crippen MR) is 48.9 cm³/mol. The molecule has 7 nitrogen and oxygen atoms in total. The van der Waals surface area contributed by atoms with Crippen LogP contribution in [-0.4, -0.2) is 30.0 Å². The lowest BCUT2D eigenvalue weighted by Gasteiger charge is -1.95. The van der Waals surface area contributed by atoms with E-state index in [0.29, 0.717) is 6.54 Å². The second-order valence-corrected chi connectivity index (χ2v) is 2.71. The molecule has 0 bridgehead atoms. The maximum absolute atomic E-state index is 8.74. The Labute approximate surface area is 76.7 Å². The lowest BCUT2D eigenvalue weighted by molar-refractivity contribution is 0.381. The van der Waals surface area contributed by atoms with Gasteiger partial charge in [-0.1, -0.05) is 12.2 Å². The van der Waals surface area contributed by atoms with Gasteiger partial charge in [0.25, 0.3) is 0 Å². The third-order valence-corrected chi connectivity index (χ3v) is 0.646. The van der Waals surface area contributed by atoms with Crippen LogP contribution in [0.2, 0.25) is 0 Å². The van der Waals surface area contributed by atoms with Crippen molar-refractivity contribution in [1.82, 2.24) is 5.32 Å². The quantitative estimate of drug-likeness (QED) is 0.179. The van der Waals surface area contributed by atoms with E-state index >= 15 is 0 Å². The molecule has 0 aliphatic rings. The topological polar surface area (TPSA) is 136 Å². The fraction of sp³-hybridized carbons (Fsp3) is 0.400. The molecule has 0 atom stereocenters. The van der Waals surface area contributed by atoms with E-state index < -0.39 is 10.4 Å². The molecule has 78 valence electrons. The van der Waals surface area contributed by atoms with Crippen LogP contribution in [0.15, 0.2) is 12.2 Å². The van der Waals surface area contributed by atoms with Crippen molar-refractivity contribution >= 4 is 16.4 Å². The zero-order chi connectivity index (χ0) is 10.9. The standard InChI is InChI=1S/C5H11N3.H2O4S/c1-2-3-4-8-5(6)7;1-5(2,3)4/h2-3H,4H2,1H3,(H4,6,7,8);(H2,1,2,3,4). The van der Waals surface area contributed by atoms with Gasteiger partial charge in [0.1, 0.15) is 0 Å². The van der Waals surface area contributed by atoms with Gasteiger partial charge in [-0.15, -0.1) is 0 Å². The lowest BCUT2D eigenvalue weighted by Crippen LogP contribution is -2.29. The molecule has 0 aromatic carbocycles. The predicted octanol–water partition coefficient (Wildman–Crippen LogP) is -0.607. The van der Waals surface area contributed by atoms with Crippen LogP contribution in [0.3, 0.4) is 0 Å². The highest BCUT2D eigenvalue weighted by molar-refractivity contribution is 7.79. The average Bonchev–Trinajstić information content (AvgIpc) is 1.83. The maximum Gasteiger partial charge on any atom is 0.394 e. The molecule has 8 heteroatoms. The smallest absolute Gasteiger partial charge is 0.370 e. The maximum atomic E-state index is 8.74. The van der Waals surface area contributed by atoms with E-state index in [9.17, 15) is 0 Å². The Hall–Kier alpha value is -1.12. The van der Waals surface area contributed by atoms with Crippen LogP contribution in [0, 0.1) is 5.41 Å². The van der Waals surface area contributed by atoms with Crippen molar-refractivity contribution in [2.24, 2.45) is 5.73 Å². The summed E-state index contributed by atoms with van der Waals surface area (Å²) in [6.07, 6.45) is 3.79. The summed E-state index contributed by atoms with van der Waals surface area (Å²) in [5.41, 5.74) is 4.97. The summed E-state index contributed by atoms with van der Waals surface area (Å²) in [4.78, 5) is 0. The van der Waals surface area contributed by atoms with Crippen molar-refractivity contribution < 1.29 is 17.5 Å². The van der Waals surface area contributed by atoms with E-state index in [-0.39, 0.29) is 5.96 Å². The molecule has 0 aromatic heterocycles. The molecule has 0 saturated carbocycles. The van der Waals surface area contributed by atoms with Gasteiger partial charge in [0.2, 0.25) is 0 Å². The number of hydrogen-bond acceptors (Lipinski definition) is 3. The number of hydrogen-bond donors (Lipinski definition) is 5. The van der Waals surface area contributed by atoms with Crippen LogP contribution in [0.25, 0.3) is 0 Å². The van der Waals surface area contributed by atoms with Crippen molar-refractivity contribution in [2.75, 3.05) is 6.54 Å². The first kappa shape index (κ1) is 14.4. The van der Waals surface area contributed by atoms with Gasteiger partial charge in [0, 0.05) is 6.54 Å². The van der Waals surface area contributed by atoms with Crippen molar-refractivity contribution in [3.05, 3.63) is 12.2 Å². The molecule has 0 aliphatic heterocycles. The molecule has 0 aliphatic carbocycles. The largest absolute Gasteiger partial charge is 0.394 e. The minimum Gasteiger partial charge on any atom is -0.370 e. The van der Waals surface area contributed by atoms with E-state index in [1.165, 1.54) is 0 Å². The summed E-state index contributed by atoms with van der Waals surface area (Å²) in [7, 11) is -4.67. The number of allylic oxidation sites excluding steroid dienone is 1. The fourth-order valence-corrected chi connectivity index (χ4v) is 0.287. The van der Waals surface area contributed by atoms with Gasteiger partial charge in [-0.05, 0) is 6.92 Å². The Kier molecular flexibility index (Phi) is 8.34. The van der Waals surface area contributed by atoms with Gasteiger partial charge < -0.3 is 11.1 Å². The van der Waals surface area contributed by atoms with E-state index in [2.05, 4.69) is 5.32 Å². The molecule has 0 aromatic rings. The Morgan fingerprint density at radius 2 is 2.00 bits per heavy atom. The van der Waals surface area contributed by atoms with Crippen LogP contribution in [0.5, 0.6) is 0 Å². The number of rotatable bonds is 2. The van der Waals surface area contributed by atoms with Crippen molar-refractivity contribution in [1.29, 1.82) is 5.41 Å². The summed E-state index contributed by atoms with van der Waals surface area (Å²) < 4.78 is 31.6. The third kappa shape index (κ3) is 57.0. The molecule has 0 unspecified atom stereocenters. The Morgan fingerprint density at radius 3 is 2.23 bits per heavy atom. The van der Waals surface area contributed by atoms with Crippen molar-refractivity contribution in [3.63, 3.8) is 0 Å². The van der Waals surface area contributed by atoms with Gasteiger partial charge in [0.15, 0.2) is 5.96 Å². The first-order valence-electron chi connectivity index (χ1n) is 3.16. The molecular formula is C5H13N3O4S. The monoisotopic (exact) mass is 211 g/mol. The Balaban J connectivity index is 0. The molecular weight excluding hydrogens is 198 g/mol. The van der Waals surface area contributed by atoms with Crippen LogP contribution in [0.4, 0.5) is 0 Å². The van der Waals surface area contributed by atoms with Gasteiger partial charge >= 0.3 is 10.4 Å². The molecule has 0 spiro atoms. The summed E-state index contributed by atoms with van der Waals surface area (Å²) in [5, 5.41) is 9.33. The summed E-state index contributed by atoms with van der Waals surface area (Å²) >= 11 is 0. The minimum absolute atomic E-state index is 0.0168. The van der Waals surface area contributed by atoms with Gasteiger partial charge in [-0.25, -0.2) is 0 Å². The SMILES string of the molecule is CC=CCNC(=N)N.O=S(=O)(O)O. The molecule has 13 heavy (non-hydrogen) atoms. The number of nitrogens with two attached hydrogens (primary N) is 1. The zero-order valence-corrected chi connectivity index (χ0v) is 7.87. The number of nitrogens with one attached hydrogen (secondary N) is 2. The molecule has 0 fully saturated rings. The normalized spacial score (nSPS) is 10.4. The van der Waals surface area contributed by atoms with E-state index in [0.717, 1.165) is 0 Å². The molecule has 0 rings (SSSR count). The first-order chi connectivity index (χ1) is 5.77. The minimum atomic E-state index is -4.67. The van der Waals surface area contributed by atoms with Gasteiger partial charge in [0.05, 0.1) is 0 Å². The van der Waals surface area contributed by atoms with E-state index in [1.807, 2.05) is 19.1 Å². The van der Waals surface area contributed by atoms with Crippen molar-refractivity contribution in [2.45, 2.75) is 6.92 Å².